The summed E-state index contributed by atoms with van der Waals surface area (Å²) < 4.78 is 5.84. The highest BCUT2D eigenvalue weighted by Gasteiger charge is 2.44. The summed E-state index contributed by atoms with van der Waals surface area (Å²) >= 11 is 0. The quantitative estimate of drug-likeness (QED) is 0.514. The second-order valence-corrected chi connectivity index (χ2v) is 6.70. The van der Waals surface area contributed by atoms with Crippen molar-refractivity contribution in [3.05, 3.63) is 35.4 Å². The molecule has 0 spiro atoms. The summed E-state index contributed by atoms with van der Waals surface area (Å²) in [6.45, 7) is 3.32. The topological polar surface area (TPSA) is 103 Å². The maximum Gasteiger partial charge on any atom is 0.153 e. The average molecular weight is 327 g/mol. The summed E-state index contributed by atoms with van der Waals surface area (Å²) in [5.74, 6) is 0.382. The lowest BCUT2D eigenvalue weighted by molar-refractivity contribution is -0.111. The molecule has 4 rings (SSSR count). The van der Waals surface area contributed by atoms with Gasteiger partial charge in [0.15, 0.2) is 6.29 Å². The minimum Gasteiger partial charge on any atom is -0.508 e. The number of carbonyl (C=O) groups is 1. The van der Waals surface area contributed by atoms with E-state index in [-0.39, 0.29) is 11.5 Å². The zero-order valence-corrected chi connectivity index (χ0v) is 13.2. The molecule has 0 radical (unpaired) electrons. The maximum atomic E-state index is 11.6. The van der Waals surface area contributed by atoms with Crippen LogP contribution in [0.15, 0.2) is 24.3 Å². The Bertz CT molecular complexity index is 988. The van der Waals surface area contributed by atoms with Crippen LogP contribution in [0.2, 0.25) is 0 Å². The van der Waals surface area contributed by atoms with Gasteiger partial charge >= 0.3 is 0 Å². The van der Waals surface area contributed by atoms with Gasteiger partial charge in [-0.05, 0) is 32.0 Å². The van der Waals surface area contributed by atoms with Crippen LogP contribution in [0.5, 0.6) is 11.5 Å². The zero-order chi connectivity index (χ0) is 17.2. The highest BCUT2D eigenvalue weighted by Crippen LogP contribution is 2.46. The van der Waals surface area contributed by atoms with Gasteiger partial charge in [-0.25, -0.2) is 0 Å². The maximum absolute atomic E-state index is 11.6. The number of hydrogen-bond acceptors (Lipinski definition) is 5. The van der Waals surface area contributed by atoms with E-state index in [0.717, 1.165) is 10.8 Å². The molecular formula is C18H17NO5. The van der Waals surface area contributed by atoms with E-state index in [0.29, 0.717) is 28.4 Å². The number of aromatic amines is 1. The van der Waals surface area contributed by atoms with Gasteiger partial charge in [-0.3, -0.25) is 4.79 Å². The molecule has 0 saturated heterocycles. The third-order valence-corrected chi connectivity index (χ3v) is 4.70. The lowest BCUT2D eigenvalue weighted by atomic mass is 9.86. The summed E-state index contributed by atoms with van der Waals surface area (Å²) in [6, 6.07) is 6.55. The van der Waals surface area contributed by atoms with Gasteiger partial charge in [-0.1, -0.05) is 0 Å². The van der Waals surface area contributed by atoms with Crippen LogP contribution in [0.25, 0.3) is 21.8 Å². The number of rotatable bonds is 1. The normalized spacial score (nSPS) is 22.3. The van der Waals surface area contributed by atoms with Crippen LogP contribution in [0, 0.1) is 0 Å². The highest BCUT2D eigenvalue weighted by molar-refractivity contribution is 6.11. The van der Waals surface area contributed by atoms with Gasteiger partial charge in [-0.2, -0.15) is 0 Å². The van der Waals surface area contributed by atoms with Gasteiger partial charge in [0.05, 0.1) is 22.2 Å². The summed E-state index contributed by atoms with van der Waals surface area (Å²) in [5, 5.41) is 32.2. The van der Waals surface area contributed by atoms with Crippen molar-refractivity contribution in [2.75, 3.05) is 0 Å². The van der Waals surface area contributed by atoms with Crippen molar-refractivity contribution in [3.8, 4) is 11.5 Å². The Labute approximate surface area is 137 Å². The number of fused-ring (bicyclic) bond motifs is 5. The third-order valence-electron chi connectivity index (χ3n) is 4.70. The van der Waals surface area contributed by atoms with Gasteiger partial charge in [0.2, 0.25) is 0 Å². The first-order valence-corrected chi connectivity index (χ1v) is 7.65. The van der Waals surface area contributed by atoms with Crippen molar-refractivity contribution < 1.29 is 24.9 Å². The minimum absolute atomic E-state index is 0.108. The molecule has 0 saturated carbocycles. The first-order valence-electron chi connectivity index (χ1n) is 7.65. The molecule has 24 heavy (non-hydrogen) atoms. The van der Waals surface area contributed by atoms with Gasteiger partial charge in [0, 0.05) is 16.8 Å². The summed E-state index contributed by atoms with van der Waals surface area (Å²) in [6.07, 6.45) is -1.67. The van der Waals surface area contributed by atoms with E-state index in [1.54, 1.807) is 38.1 Å². The Morgan fingerprint density at radius 2 is 1.96 bits per heavy atom. The highest BCUT2D eigenvalue weighted by atomic mass is 16.5. The van der Waals surface area contributed by atoms with Crippen LogP contribution in [0.1, 0.15) is 35.9 Å². The molecule has 0 aliphatic carbocycles. The summed E-state index contributed by atoms with van der Waals surface area (Å²) in [4.78, 5) is 14.7. The molecule has 2 atom stereocenters. The van der Waals surface area contributed by atoms with Crippen LogP contribution < -0.4 is 4.74 Å². The van der Waals surface area contributed by atoms with Gasteiger partial charge in [0.1, 0.15) is 29.3 Å². The van der Waals surface area contributed by atoms with E-state index < -0.39 is 17.8 Å². The van der Waals surface area contributed by atoms with Gasteiger partial charge < -0.3 is 25.0 Å². The Hall–Kier alpha value is -2.57. The molecule has 1 aliphatic rings. The standard InChI is InChI=1S/C18H17NO5/c1-18(2)17(23)15(22)13-14-11(5-8(7-20)16(13)24-18)10-4-3-9(21)6-12(10)19-14/h3-7,15,17,19,21-23H,1-2H3/t15-,17+/m0/s1. The van der Waals surface area contributed by atoms with E-state index in [2.05, 4.69) is 4.98 Å². The van der Waals surface area contributed by atoms with E-state index in [4.69, 9.17) is 4.74 Å². The first kappa shape index (κ1) is 15.0. The van der Waals surface area contributed by atoms with Crippen LogP contribution in [0.3, 0.4) is 0 Å². The third kappa shape index (κ3) is 1.87. The Morgan fingerprint density at radius 1 is 1.21 bits per heavy atom. The number of carbonyl (C=O) groups excluding carboxylic acids is 1. The molecule has 0 unspecified atom stereocenters. The molecular weight excluding hydrogens is 310 g/mol. The molecule has 0 amide bonds. The fraction of sp³-hybridized carbons (Fsp3) is 0.278. The van der Waals surface area contributed by atoms with Crippen LogP contribution in [0.4, 0.5) is 0 Å². The molecule has 0 fully saturated rings. The second kappa shape index (κ2) is 4.72. The van der Waals surface area contributed by atoms with E-state index in [1.165, 1.54) is 0 Å². The molecule has 6 heteroatoms. The van der Waals surface area contributed by atoms with E-state index >= 15 is 0 Å². The average Bonchev–Trinajstić information content (AvgIpc) is 2.88. The van der Waals surface area contributed by atoms with E-state index in [9.17, 15) is 20.1 Å². The molecule has 2 heterocycles. The lowest BCUT2D eigenvalue weighted by Crippen LogP contribution is -2.49. The molecule has 3 aromatic rings. The number of nitrogens with one attached hydrogen (secondary N) is 1. The second-order valence-electron chi connectivity index (χ2n) is 6.70. The molecule has 0 bridgehead atoms. The van der Waals surface area contributed by atoms with Gasteiger partial charge in [0.25, 0.3) is 0 Å². The van der Waals surface area contributed by atoms with Crippen LogP contribution in [-0.4, -0.2) is 38.3 Å². The predicted molar refractivity (Wildman–Crippen MR) is 88.5 cm³/mol. The number of hydrogen-bond donors (Lipinski definition) is 4. The van der Waals surface area contributed by atoms with Crippen molar-refractivity contribution in [2.45, 2.75) is 31.7 Å². The van der Waals surface area contributed by atoms with Crippen molar-refractivity contribution in [3.63, 3.8) is 0 Å². The molecule has 6 nitrogen and oxygen atoms in total. The molecule has 4 N–H and O–H groups in total. The van der Waals surface area contributed by atoms with Gasteiger partial charge in [-0.15, -0.1) is 0 Å². The van der Waals surface area contributed by atoms with E-state index in [1.807, 2.05) is 0 Å². The Morgan fingerprint density at radius 3 is 2.67 bits per heavy atom. The number of ether oxygens (including phenoxy) is 1. The smallest absolute Gasteiger partial charge is 0.153 e. The fourth-order valence-corrected chi connectivity index (χ4v) is 3.40. The Balaban J connectivity index is 2.14. The summed E-state index contributed by atoms with van der Waals surface area (Å²) in [7, 11) is 0. The van der Waals surface area contributed by atoms with Crippen molar-refractivity contribution >= 4 is 28.1 Å². The number of aliphatic hydroxyl groups excluding tert-OH is 2. The number of phenolic OH excluding ortho intramolecular Hbond substituents is 1. The molecule has 1 aromatic heterocycles. The number of aromatic hydroxyl groups is 1. The largest absolute Gasteiger partial charge is 0.508 e. The minimum atomic E-state index is -1.20. The summed E-state index contributed by atoms with van der Waals surface area (Å²) in [5.41, 5.74) is 0.893. The Kier molecular flexibility index (Phi) is 2.95. The number of phenols is 1. The predicted octanol–water partition coefficient (Wildman–Crippen LogP) is 2.40. The number of aromatic nitrogens is 1. The lowest BCUT2D eigenvalue weighted by Gasteiger charge is -2.40. The monoisotopic (exact) mass is 327 g/mol. The number of aldehydes is 1. The molecule has 2 aromatic carbocycles. The number of aliphatic hydroxyl groups is 2. The van der Waals surface area contributed by atoms with Crippen molar-refractivity contribution in [1.82, 2.24) is 4.98 Å². The number of benzene rings is 2. The van der Waals surface area contributed by atoms with Crippen molar-refractivity contribution in [2.24, 2.45) is 0 Å². The zero-order valence-electron chi connectivity index (χ0n) is 13.2. The SMILES string of the molecule is CC1(C)Oc2c(C=O)cc3c([nH]c4cc(O)ccc43)c2[C@H](O)[C@H]1O. The van der Waals surface area contributed by atoms with Crippen molar-refractivity contribution in [1.29, 1.82) is 0 Å². The van der Waals surface area contributed by atoms with Crippen LogP contribution in [-0.2, 0) is 0 Å². The first-order chi connectivity index (χ1) is 11.3. The molecule has 124 valence electrons. The number of H-pyrrole nitrogens is 1. The molecule has 1 aliphatic heterocycles. The fourth-order valence-electron chi connectivity index (χ4n) is 3.40. The van der Waals surface area contributed by atoms with Crippen LogP contribution >= 0.6 is 0 Å².